The molecule has 0 bridgehead atoms. The van der Waals surface area contributed by atoms with Crippen molar-refractivity contribution in [3.8, 4) is 5.75 Å². The quantitative estimate of drug-likeness (QED) is 0.921. The van der Waals surface area contributed by atoms with Crippen LogP contribution >= 0.6 is 0 Å². The number of nitrogens with zero attached hydrogens (tertiary/aromatic N) is 1. The molecule has 0 aliphatic heterocycles. The Kier molecular flexibility index (Phi) is 4.39. The van der Waals surface area contributed by atoms with Gasteiger partial charge in [0, 0.05) is 18.0 Å². The maximum absolute atomic E-state index is 6.42. The van der Waals surface area contributed by atoms with Crippen LogP contribution < -0.4 is 10.5 Å². The lowest BCUT2D eigenvalue weighted by Gasteiger charge is -2.31. The van der Waals surface area contributed by atoms with Crippen molar-refractivity contribution in [2.45, 2.75) is 51.7 Å². The predicted octanol–water partition coefficient (Wildman–Crippen LogP) is 4.04. The number of fused-ring (bicyclic) bond motifs is 1. The minimum absolute atomic E-state index is 0.334. The molecule has 3 nitrogen and oxygen atoms in total. The molecule has 1 aliphatic carbocycles. The third-order valence-corrected chi connectivity index (χ3v) is 4.58. The number of para-hydroxylation sites is 1. The monoisotopic (exact) mass is 284 g/mol. The van der Waals surface area contributed by atoms with Gasteiger partial charge in [-0.1, -0.05) is 25.5 Å². The van der Waals surface area contributed by atoms with Crippen molar-refractivity contribution in [2.75, 3.05) is 0 Å². The zero-order chi connectivity index (χ0) is 14.7. The van der Waals surface area contributed by atoms with Gasteiger partial charge < -0.3 is 10.5 Å². The summed E-state index contributed by atoms with van der Waals surface area (Å²) in [4.78, 5) is 4.58. The molecule has 1 aromatic heterocycles. The second kappa shape index (κ2) is 6.44. The van der Waals surface area contributed by atoms with E-state index in [9.17, 15) is 0 Å². The van der Waals surface area contributed by atoms with E-state index in [2.05, 4.69) is 18.0 Å². The summed E-state index contributed by atoms with van der Waals surface area (Å²) in [6.45, 7) is 2.71. The summed E-state index contributed by atoms with van der Waals surface area (Å²) in [5.41, 5.74) is 7.65. The predicted molar refractivity (Wildman–Crippen MR) is 86.3 cm³/mol. The summed E-state index contributed by atoms with van der Waals surface area (Å²) in [5.74, 6) is 1.62. The number of hydrogen-bond donors (Lipinski definition) is 1. The minimum Gasteiger partial charge on any atom is -0.489 e. The van der Waals surface area contributed by atoms with Gasteiger partial charge in [0.25, 0.3) is 0 Å². The molecule has 3 rings (SSSR count). The van der Waals surface area contributed by atoms with Crippen molar-refractivity contribution in [2.24, 2.45) is 11.7 Å². The highest BCUT2D eigenvalue weighted by Crippen LogP contribution is 2.33. The Balaban J connectivity index is 1.95. The summed E-state index contributed by atoms with van der Waals surface area (Å²) >= 11 is 0. The van der Waals surface area contributed by atoms with Gasteiger partial charge in [-0.05, 0) is 43.7 Å². The van der Waals surface area contributed by atoms with Gasteiger partial charge >= 0.3 is 0 Å². The molecule has 0 saturated heterocycles. The van der Waals surface area contributed by atoms with Crippen LogP contribution in [-0.4, -0.2) is 11.1 Å². The van der Waals surface area contributed by atoms with Crippen LogP contribution in [0.5, 0.6) is 5.75 Å². The normalized spacial score (nSPS) is 22.4. The number of nitrogens with two attached hydrogens (primary N) is 1. The van der Waals surface area contributed by atoms with Crippen molar-refractivity contribution >= 4 is 10.9 Å². The van der Waals surface area contributed by atoms with Crippen molar-refractivity contribution < 1.29 is 4.74 Å². The molecule has 1 fully saturated rings. The molecule has 2 aromatic rings. The van der Waals surface area contributed by atoms with Crippen LogP contribution in [0.15, 0.2) is 30.3 Å². The number of pyridine rings is 1. The van der Waals surface area contributed by atoms with Crippen LogP contribution in [-0.2, 0) is 6.54 Å². The highest BCUT2D eigenvalue weighted by molar-refractivity contribution is 5.85. The number of benzene rings is 1. The molecule has 1 heterocycles. The number of ether oxygens (including phenoxy) is 1. The first-order chi connectivity index (χ1) is 10.3. The standard InChI is InChI=1S/C18H24N2O/c1-2-13-7-3-6-10-17(13)21-18-11-14(12-19)20-16-9-5-4-8-15(16)18/h4-5,8-9,11,13,17H,2-3,6-7,10,12,19H2,1H3. The summed E-state index contributed by atoms with van der Waals surface area (Å²) in [5, 5.41) is 1.09. The summed E-state index contributed by atoms with van der Waals surface area (Å²) in [7, 11) is 0. The third kappa shape index (κ3) is 3.03. The first kappa shape index (κ1) is 14.3. The van der Waals surface area contributed by atoms with Crippen LogP contribution in [0.1, 0.15) is 44.7 Å². The van der Waals surface area contributed by atoms with Crippen molar-refractivity contribution in [3.63, 3.8) is 0 Å². The van der Waals surface area contributed by atoms with Gasteiger partial charge in [0.2, 0.25) is 0 Å². The summed E-state index contributed by atoms with van der Waals surface area (Å²) < 4.78 is 6.42. The first-order valence-electron chi connectivity index (χ1n) is 8.07. The van der Waals surface area contributed by atoms with E-state index in [0.29, 0.717) is 18.6 Å². The van der Waals surface area contributed by atoms with Gasteiger partial charge in [-0.2, -0.15) is 0 Å². The Morgan fingerprint density at radius 1 is 1.24 bits per heavy atom. The first-order valence-corrected chi connectivity index (χ1v) is 8.07. The fourth-order valence-electron chi connectivity index (χ4n) is 3.36. The lowest BCUT2D eigenvalue weighted by Crippen LogP contribution is -2.30. The lowest BCUT2D eigenvalue weighted by atomic mass is 9.84. The molecule has 0 spiro atoms. The van der Waals surface area contributed by atoms with E-state index in [1.165, 1.54) is 25.7 Å². The number of aromatic nitrogens is 1. The van der Waals surface area contributed by atoms with Crippen LogP contribution in [0.3, 0.4) is 0 Å². The van der Waals surface area contributed by atoms with Crippen LogP contribution in [0.2, 0.25) is 0 Å². The van der Waals surface area contributed by atoms with Gasteiger partial charge in [-0.15, -0.1) is 0 Å². The van der Waals surface area contributed by atoms with E-state index < -0.39 is 0 Å². The fourth-order valence-corrected chi connectivity index (χ4v) is 3.36. The Morgan fingerprint density at radius 3 is 2.86 bits per heavy atom. The van der Waals surface area contributed by atoms with Crippen molar-refractivity contribution in [1.82, 2.24) is 4.98 Å². The molecular formula is C18H24N2O. The molecule has 1 aromatic carbocycles. The number of hydrogen-bond acceptors (Lipinski definition) is 3. The Hall–Kier alpha value is -1.61. The highest BCUT2D eigenvalue weighted by Gasteiger charge is 2.25. The van der Waals surface area contributed by atoms with Gasteiger partial charge in [-0.3, -0.25) is 4.98 Å². The Morgan fingerprint density at radius 2 is 2.05 bits per heavy atom. The van der Waals surface area contributed by atoms with E-state index in [1.807, 2.05) is 24.3 Å². The zero-order valence-electron chi connectivity index (χ0n) is 12.7. The van der Waals surface area contributed by atoms with Gasteiger partial charge in [0.1, 0.15) is 11.9 Å². The van der Waals surface area contributed by atoms with Crippen LogP contribution in [0.25, 0.3) is 10.9 Å². The van der Waals surface area contributed by atoms with Crippen molar-refractivity contribution in [3.05, 3.63) is 36.0 Å². The van der Waals surface area contributed by atoms with E-state index in [0.717, 1.165) is 28.8 Å². The van der Waals surface area contributed by atoms with Crippen LogP contribution in [0, 0.1) is 5.92 Å². The Bertz CT molecular complexity index is 611. The second-order valence-electron chi connectivity index (χ2n) is 5.94. The highest BCUT2D eigenvalue weighted by atomic mass is 16.5. The van der Waals surface area contributed by atoms with E-state index in [1.54, 1.807) is 0 Å². The SMILES string of the molecule is CCC1CCCCC1Oc1cc(CN)nc2ccccc12. The summed E-state index contributed by atoms with van der Waals surface area (Å²) in [6, 6.07) is 10.2. The molecule has 1 saturated carbocycles. The lowest BCUT2D eigenvalue weighted by molar-refractivity contribution is 0.0917. The third-order valence-electron chi connectivity index (χ3n) is 4.58. The smallest absolute Gasteiger partial charge is 0.130 e. The average molecular weight is 284 g/mol. The van der Waals surface area contributed by atoms with Crippen LogP contribution in [0.4, 0.5) is 0 Å². The molecule has 21 heavy (non-hydrogen) atoms. The molecule has 2 atom stereocenters. The molecule has 3 heteroatoms. The zero-order valence-corrected chi connectivity index (χ0v) is 12.7. The largest absolute Gasteiger partial charge is 0.489 e. The number of rotatable bonds is 4. The Labute approximate surface area is 126 Å². The molecular weight excluding hydrogens is 260 g/mol. The maximum Gasteiger partial charge on any atom is 0.130 e. The van der Waals surface area contributed by atoms with E-state index in [-0.39, 0.29) is 0 Å². The van der Waals surface area contributed by atoms with Gasteiger partial charge in [-0.25, -0.2) is 0 Å². The molecule has 1 aliphatic rings. The molecule has 2 unspecified atom stereocenters. The summed E-state index contributed by atoms with van der Waals surface area (Å²) in [6.07, 6.45) is 6.58. The fraction of sp³-hybridized carbons (Fsp3) is 0.500. The minimum atomic E-state index is 0.334. The van der Waals surface area contributed by atoms with E-state index >= 15 is 0 Å². The van der Waals surface area contributed by atoms with Crippen molar-refractivity contribution in [1.29, 1.82) is 0 Å². The van der Waals surface area contributed by atoms with E-state index in [4.69, 9.17) is 10.5 Å². The maximum atomic E-state index is 6.42. The molecule has 2 N–H and O–H groups in total. The molecule has 0 radical (unpaired) electrons. The molecule has 0 amide bonds. The van der Waals surface area contributed by atoms with Gasteiger partial charge in [0.05, 0.1) is 11.2 Å². The molecule has 112 valence electrons. The van der Waals surface area contributed by atoms with Gasteiger partial charge in [0.15, 0.2) is 0 Å². The second-order valence-corrected chi connectivity index (χ2v) is 5.94. The topological polar surface area (TPSA) is 48.1 Å². The average Bonchev–Trinajstić information content (AvgIpc) is 2.55.